The Kier molecular flexibility index (Phi) is 6.10. The number of carbonyl (C=O) groups excluding carboxylic acids is 2. The zero-order valence-electron chi connectivity index (χ0n) is 10.00. The van der Waals surface area contributed by atoms with E-state index >= 15 is 0 Å². The van der Waals surface area contributed by atoms with Crippen molar-refractivity contribution < 1.29 is 9.59 Å². The number of carbonyl (C=O) groups is 2. The van der Waals surface area contributed by atoms with Gasteiger partial charge in [-0.1, -0.05) is 11.6 Å². The van der Waals surface area contributed by atoms with Crippen molar-refractivity contribution >= 4 is 29.2 Å². The molecular formula is C11H15ClN4O2. The molecule has 0 radical (unpaired) electrons. The van der Waals surface area contributed by atoms with Crippen molar-refractivity contribution in [2.75, 3.05) is 25.0 Å². The fourth-order valence-corrected chi connectivity index (χ4v) is 1.28. The van der Waals surface area contributed by atoms with E-state index in [0.29, 0.717) is 23.9 Å². The lowest BCUT2D eigenvalue weighted by Gasteiger charge is -2.06. The predicted molar refractivity (Wildman–Crippen MR) is 69.4 cm³/mol. The van der Waals surface area contributed by atoms with E-state index in [1.54, 1.807) is 12.1 Å². The van der Waals surface area contributed by atoms with Crippen molar-refractivity contribution in [2.24, 2.45) is 0 Å². The van der Waals surface area contributed by atoms with Crippen LogP contribution < -0.4 is 16.0 Å². The highest BCUT2D eigenvalue weighted by Gasteiger charge is 2.02. The highest BCUT2D eigenvalue weighted by atomic mass is 35.5. The summed E-state index contributed by atoms with van der Waals surface area (Å²) in [6.07, 6.45) is 1.46. The first-order chi connectivity index (χ1) is 8.58. The maximum atomic E-state index is 11.5. The molecule has 7 heteroatoms. The lowest BCUT2D eigenvalue weighted by molar-refractivity contribution is -0.118. The molecule has 1 heterocycles. The Morgan fingerprint density at radius 2 is 2.11 bits per heavy atom. The van der Waals surface area contributed by atoms with E-state index in [1.165, 1.54) is 13.1 Å². The van der Waals surface area contributed by atoms with E-state index in [-0.39, 0.29) is 18.4 Å². The third-order valence-corrected chi connectivity index (χ3v) is 2.18. The van der Waals surface area contributed by atoms with Crippen molar-refractivity contribution in [3.05, 3.63) is 23.4 Å². The second-order valence-corrected chi connectivity index (χ2v) is 4.01. The van der Waals surface area contributed by atoms with Crippen LogP contribution in [0.5, 0.6) is 0 Å². The van der Waals surface area contributed by atoms with Gasteiger partial charge in [-0.25, -0.2) is 4.98 Å². The van der Waals surface area contributed by atoms with E-state index in [2.05, 4.69) is 20.9 Å². The van der Waals surface area contributed by atoms with Crippen LogP contribution in [-0.2, 0) is 9.59 Å². The molecule has 1 aromatic rings. The molecule has 18 heavy (non-hydrogen) atoms. The first kappa shape index (κ1) is 14.4. The molecule has 0 atom stereocenters. The maximum Gasteiger partial charge on any atom is 0.239 e. The number of halogens is 1. The van der Waals surface area contributed by atoms with Crippen LogP contribution in [0.4, 0.5) is 5.82 Å². The largest absolute Gasteiger partial charge is 0.355 e. The Morgan fingerprint density at radius 3 is 2.72 bits per heavy atom. The molecule has 0 bridgehead atoms. The summed E-state index contributed by atoms with van der Waals surface area (Å²) < 4.78 is 0. The number of pyridine rings is 1. The summed E-state index contributed by atoms with van der Waals surface area (Å²) >= 11 is 5.67. The summed E-state index contributed by atoms with van der Waals surface area (Å²) in [5.41, 5.74) is 0. The Balaban J connectivity index is 2.17. The normalized spacial score (nSPS) is 9.89. The molecule has 0 saturated carbocycles. The monoisotopic (exact) mass is 270 g/mol. The third kappa shape index (κ3) is 6.17. The minimum atomic E-state index is -0.201. The van der Waals surface area contributed by atoms with Crippen molar-refractivity contribution in [1.29, 1.82) is 0 Å². The summed E-state index contributed by atoms with van der Waals surface area (Å²) in [4.78, 5) is 26.0. The summed E-state index contributed by atoms with van der Waals surface area (Å²) in [7, 11) is 0. The molecule has 0 aliphatic rings. The molecule has 0 aromatic carbocycles. The summed E-state index contributed by atoms with van der Waals surface area (Å²) in [6, 6.07) is 3.27. The minimum absolute atomic E-state index is 0.0911. The highest BCUT2D eigenvalue weighted by molar-refractivity contribution is 6.30. The van der Waals surface area contributed by atoms with E-state index in [4.69, 9.17) is 11.6 Å². The van der Waals surface area contributed by atoms with Gasteiger partial charge in [0.1, 0.15) is 5.82 Å². The summed E-state index contributed by atoms with van der Waals surface area (Å²) in [6.45, 7) is 2.62. The molecule has 0 spiro atoms. The molecule has 98 valence electrons. The topological polar surface area (TPSA) is 83.1 Å². The average molecular weight is 271 g/mol. The van der Waals surface area contributed by atoms with Gasteiger partial charge < -0.3 is 16.0 Å². The number of aromatic nitrogens is 1. The van der Waals surface area contributed by atoms with E-state index in [9.17, 15) is 9.59 Å². The van der Waals surface area contributed by atoms with Crippen molar-refractivity contribution in [3.8, 4) is 0 Å². The van der Waals surface area contributed by atoms with Crippen LogP contribution in [0.3, 0.4) is 0 Å². The van der Waals surface area contributed by atoms with Gasteiger partial charge in [0.2, 0.25) is 11.8 Å². The number of nitrogens with one attached hydrogen (secondary N) is 3. The lowest BCUT2D eigenvalue weighted by atomic mass is 10.4. The maximum absolute atomic E-state index is 11.5. The van der Waals surface area contributed by atoms with Gasteiger partial charge in [0.05, 0.1) is 11.6 Å². The van der Waals surface area contributed by atoms with E-state index < -0.39 is 0 Å². The van der Waals surface area contributed by atoms with Gasteiger partial charge in [0.25, 0.3) is 0 Å². The fourth-order valence-electron chi connectivity index (χ4n) is 1.17. The SMILES string of the molecule is CC(=O)NCCNCC(=O)Nc1ccc(Cl)cn1. The van der Waals surface area contributed by atoms with E-state index in [1.807, 2.05) is 0 Å². The van der Waals surface area contributed by atoms with Crippen molar-refractivity contribution in [1.82, 2.24) is 15.6 Å². The first-order valence-electron chi connectivity index (χ1n) is 5.44. The van der Waals surface area contributed by atoms with Crippen LogP contribution in [-0.4, -0.2) is 36.4 Å². The molecule has 2 amide bonds. The third-order valence-electron chi connectivity index (χ3n) is 1.96. The van der Waals surface area contributed by atoms with Crippen molar-refractivity contribution in [3.63, 3.8) is 0 Å². The molecule has 0 aliphatic heterocycles. The van der Waals surface area contributed by atoms with Crippen molar-refractivity contribution in [2.45, 2.75) is 6.92 Å². The Labute approximate surface area is 110 Å². The fraction of sp³-hybridized carbons (Fsp3) is 0.364. The standard InChI is InChI=1S/C11H15ClN4O2/c1-8(17)14-5-4-13-7-11(18)16-10-3-2-9(12)6-15-10/h2-3,6,13H,4-5,7H2,1H3,(H,14,17)(H,15,16,18). The van der Waals surface area contributed by atoms with E-state index in [0.717, 1.165) is 0 Å². The minimum Gasteiger partial charge on any atom is -0.355 e. The summed E-state index contributed by atoms with van der Waals surface area (Å²) in [5.74, 6) is 0.160. The number of hydrogen-bond donors (Lipinski definition) is 3. The molecule has 0 aliphatic carbocycles. The van der Waals surface area contributed by atoms with Crippen LogP contribution >= 0.6 is 11.6 Å². The Morgan fingerprint density at radius 1 is 1.33 bits per heavy atom. The lowest BCUT2D eigenvalue weighted by Crippen LogP contribution is -2.34. The van der Waals surface area contributed by atoms with Gasteiger partial charge in [0, 0.05) is 26.2 Å². The quantitative estimate of drug-likeness (QED) is 0.654. The first-order valence-corrected chi connectivity index (χ1v) is 5.82. The molecular weight excluding hydrogens is 256 g/mol. The molecule has 3 N–H and O–H groups in total. The molecule has 0 fully saturated rings. The smallest absolute Gasteiger partial charge is 0.239 e. The molecule has 1 rings (SSSR count). The molecule has 6 nitrogen and oxygen atoms in total. The van der Waals surface area contributed by atoms with Crippen LogP contribution in [0.15, 0.2) is 18.3 Å². The van der Waals surface area contributed by atoms with Gasteiger partial charge in [-0.3, -0.25) is 9.59 Å². The number of anilines is 1. The Hall–Kier alpha value is -1.66. The second kappa shape index (κ2) is 7.62. The van der Waals surface area contributed by atoms with Crippen LogP contribution in [0, 0.1) is 0 Å². The van der Waals surface area contributed by atoms with Gasteiger partial charge in [-0.15, -0.1) is 0 Å². The number of nitrogens with zero attached hydrogens (tertiary/aromatic N) is 1. The average Bonchev–Trinajstić information content (AvgIpc) is 2.31. The van der Waals surface area contributed by atoms with Gasteiger partial charge in [-0.05, 0) is 12.1 Å². The predicted octanol–water partition coefficient (Wildman–Crippen LogP) is 0.399. The number of amides is 2. The highest BCUT2D eigenvalue weighted by Crippen LogP contribution is 2.08. The van der Waals surface area contributed by atoms with Gasteiger partial charge in [-0.2, -0.15) is 0 Å². The number of rotatable bonds is 6. The van der Waals surface area contributed by atoms with Crippen LogP contribution in [0.25, 0.3) is 0 Å². The van der Waals surface area contributed by atoms with Crippen LogP contribution in [0.2, 0.25) is 5.02 Å². The second-order valence-electron chi connectivity index (χ2n) is 3.57. The molecule has 0 unspecified atom stereocenters. The zero-order chi connectivity index (χ0) is 13.4. The zero-order valence-corrected chi connectivity index (χ0v) is 10.8. The molecule has 0 saturated heterocycles. The van der Waals surface area contributed by atoms with Crippen LogP contribution in [0.1, 0.15) is 6.92 Å². The summed E-state index contributed by atoms with van der Waals surface area (Å²) in [5, 5.41) is 8.63. The van der Waals surface area contributed by atoms with Gasteiger partial charge >= 0.3 is 0 Å². The van der Waals surface area contributed by atoms with Gasteiger partial charge in [0.15, 0.2) is 0 Å². The Bertz CT molecular complexity index is 408. The molecule has 1 aromatic heterocycles. The number of hydrogen-bond acceptors (Lipinski definition) is 4.